The molecule has 0 saturated carbocycles. The number of rotatable bonds is 17. The van der Waals surface area contributed by atoms with Crippen molar-refractivity contribution in [3.05, 3.63) is 0 Å². The van der Waals surface area contributed by atoms with Gasteiger partial charge in [0, 0.05) is 55.1 Å². The third kappa shape index (κ3) is 13.8. The Bertz CT molecular complexity index is 1190. The minimum atomic E-state index is -1.61. The average molecular weight is 722 g/mol. The lowest BCUT2D eigenvalue weighted by Crippen LogP contribution is -2.66. The Morgan fingerprint density at radius 1 is 0.560 bits per heavy atom. The fraction of sp³-hybridized carbons (Fsp3) is 0.774. The summed E-state index contributed by atoms with van der Waals surface area (Å²) in [5, 5.41) is 2.52. The molecule has 2 fully saturated rings. The summed E-state index contributed by atoms with van der Waals surface area (Å²) in [6.45, 7) is 8.88. The molecule has 2 heterocycles. The van der Waals surface area contributed by atoms with E-state index in [4.69, 9.17) is 52.4 Å². The van der Waals surface area contributed by atoms with Gasteiger partial charge in [-0.25, -0.2) is 9.78 Å². The van der Waals surface area contributed by atoms with Gasteiger partial charge in [-0.3, -0.25) is 33.6 Å². The molecule has 10 unspecified atom stereocenters. The smallest absolute Gasteiger partial charge is 0.303 e. The molecule has 0 bridgehead atoms. The predicted octanol–water partition coefficient (Wildman–Crippen LogP) is 0.318. The van der Waals surface area contributed by atoms with Gasteiger partial charge in [0.15, 0.2) is 36.8 Å². The van der Waals surface area contributed by atoms with Crippen molar-refractivity contribution in [2.45, 2.75) is 136 Å². The SMILES string of the molecule is CCCCCOC1OC(COOC2OC(COC(C)=O)C(OC(C)=O)C(OC(C)=O)C2NC(C)=O)C(OC(C)=O)C(OC(C)=O)C1OC(C)=O. The fourth-order valence-corrected chi connectivity index (χ4v) is 5.22. The van der Waals surface area contributed by atoms with E-state index in [2.05, 4.69) is 5.32 Å². The van der Waals surface area contributed by atoms with Crippen LogP contribution in [0.15, 0.2) is 0 Å². The van der Waals surface area contributed by atoms with Gasteiger partial charge < -0.3 is 47.9 Å². The Balaban J connectivity index is 2.44. The fourth-order valence-electron chi connectivity index (χ4n) is 5.22. The Kier molecular flexibility index (Phi) is 17.5. The van der Waals surface area contributed by atoms with Gasteiger partial charge in [0.05, 0.1) is 0 Å². The first-order chi connectivity index (χ1) is 23.5. The molecule has 2 rings (SSSR count). The molecular formula is C31H47NO18. The largest absolute Gasteiger partial charge is 0.463 e. The molecule has 2 saturated heterocycles. The first kappa shape index (κ1) is 42.3. The lowest BCUT2D eigenvalue weighted by atomic mass is 9.96. The van der Waals surface area contributed by atoms with Gasteiger partial charge in [-0.1, -0.05) is 19.8 Å². The molecule has 19 nitrogen and oxygen atoms in total. The molecule has 0 aliphatic carbocycles. The van der Waals surface area contributed by atoms with Gasteiger partial charge >= 0.3 is 35.8 Å². The molecular weight excluding hydrogens is 674 g/mol. The van der Waals surface area contributed by atoms with Crippen LogP contribution in [0.25, 0.3) is 0 Å². The van der Waals surface area contributed by atoms with Crippen molar-refractivity contribution in [1.29, 1.82) is 0 Å². The maximum atomic E-state index is 12.2. The van der Waals surface area contributed by atoms with Gasteiger partial charge in [-0.05, 0) is 6.42 Å². The summed E-state index contributed by atoms with van der Waals surface area (Å²) >= 11 is 0. The molecule has 2 aliphatic heterocycles. The summed E-state index contributed by atoms with van der Waals surface area (Å²) in [7, 11) is 0. The Hall–Kier alpha value is -3.91. The highest BCUT2D eigenvalue weighted by molar-refractivity contribution is 5.74. The van der Waals surface area contributed by atoms with Crippen molar-refractivity contribution in [3.63, 3.8) is 0 Å². The van der Waals surface area contributed by atoms with Crippen LogP contribution in [-0.2, 0) is 86.0 Å². The summed E-state index contributed by atoms with van der Waals surface area (Å²) in [6, 6.07) is -1.36. The van der Waals surface area contributed by atoms with Crippen LogP contribution in [0.5, 0.6) is 0 Å². The first-order valence-electron chi connectivity index (χ1n) is 16.0. The number of ether oxygens (including phenoxy) is 9. The second-order valence-electron chi connectivity index (χ2n) is 11.4. The zero-order valence-electron chi connectivity index (χ0n) is 29.4. The Labute approximate surface area is 289 Å². The number of carbonyl (C=O) groups excluding carboxylic acids is 7. The van der Waals surface area contributed by atoms with Crippen molar-refractivity contribution in [3.8, 4) is 0 Å². The lowest BCUT2D eigenvalue weighted by molar-refractivity contribution is -0.423. The van der Waals surface area contributed by atoms with E-state index >= 15 is 0 Å². The van der Waals surface area contributed by atoms with Crippen molar-refractivity contribution in [2.24, 2.45) is 0 Å². The standard InChI is InChI=1S/C31H47NO18/c1-9-10-11-12-40-31-29(47-21(8)39)28(46-20(7)38)26(44-18(5)36)23(49-31)14-42-50-30-24(32-15(2)33)27(45-19(6)37)25(43-17(4)35)22(48-30)13-41-16(3)34/h22-31H,9-14H2,1-8H3,(H,32,33). The van der Waals surface area contributed by atoms with Crippen LogP contribution >= 0.6 is 0 Å². The number of carbonyl (C=O) groups is 7. The van der Waals surface area contributed by atoms with E-state index in [1.807, 2.05) is 6.92 Å². The van der Waals surface area contributed by atoms with E-state index < -0.39 is 116 Å². The van der Waals surface area contributed by atoms with Crippen LogP contribution in [0.2, 0.25) is 0 Å². The molecule has 1 amide bonds. The summed E-state index contributed by atoms with van der Waals surface area (Å²) in [4.78, 5) is 95.4. The first-order valence-corrected chi connectivity index (χ1v) is 16.0. The quantitative estimate of drug-likeness (QED) is 0.0700. The highest BCUT2D eigenvalue weighted by Gasteiger charge is 2.54. The van der Waals surface area contributed by atoms with Crippen LogP contribution < -0.4 is 5.32 Å². The molecule has 0 aromatic carbocycles. The maximum Gasteiger partial charge on any atom is 0.303 e. The normalized spacial score (nSPS) is 29.1. The number of hydrogen-bond acceptors (Lipinski definition) is 18. The zero-order valence-corrected chi connectivity index (χ0v) is 29.4. The van der Waals surface area contributed by atoms with Gasteiger partial charge in [0.25, 0.3) is 0 Å². The summed E-state index contributed by atoms with van der Waals surface area (Å²) in [5.74, 6) is -5.30. The average Bonchev–Trinajstić information content (AvgIpc) is 2.98. The molecule has 284 valence electrons. The number of nitrogens with one attached hydrogen (secondary N) is 1. The van der Waals surface area contributed by atoms with E-state index in [1.54, 1.807) is 0 Å². The van der Waals surface area contributed by atoms with Gasteiger partial charge in [-0.15, -0.1) is 0 Å². The van der Waals surface area contributed by atoms with Crippen molar-refractivity contribution in [1.82, 2.24) is 5.32 Å². The van der Waals surface area contributed by atoms with Crippen molar-refractivity contribution < 1.29 is 86.0 Å². The van der Waals surface area contributed by atoms with Crippen molar-refractivity contribution in [2.75, 3.05) is 19.8 Å². The van der Waals surface area contributed by atoms with Crippen molar-refractivity contribution >= 4 is 41.7 Å². The number of esters is 6. The topological polar surface area (TPSA) is 233 Å². The van der Waals surface area contributed by atoms with Crippen LogP contribution in [0, 0.1) is 0 Å². The molecule has 1 N–H and O–H groups in total. The molecule has 2 aliphatic rings. The molecule has 0 spiro atoms. The minimum absolute atomic E-state index is 0.171. The summed E-state index contributed by atoms with van der Waals surface area (Å²) in [6.07, 6.45) is -10.2. The van der Waals surface area contributed by atoms with E-state index in [-0.39, 0.29) is 6.61 Å². The number of unbranched alkanes of at least 4 members (excludes halogenated alkanes) is 2. The Morgan fingerprint density at radius 2 is 1.04 bits per heavy atom. The minimum Gasteiger partial charge on any atom is -0.463 e. The van der Waals surface area contributed by atoms with Gasteiger partial charge in [0.1, 0.15) is 31.5 Å². The van der Waals surface area contributed by atoms with Crippen LogP contribution in [0.4, 0.5) is 0 Å². The van der Waals surface area contributed by atoms with Gasteiger partial charge in [0.2, 0.25) is 12.2 Å². The highest BCUT2D eigenvalue weighted by atomic mass is 17.2. The molecule has 0 aromatic heterocycles. The molecule has 19 heteroatoms. The van der Waals surface area contributed by atoms with E-state index in [9.17, 15) is 33.6 Å². The number of hydrogen-bond donors (Lipinski definition) is 1. The van der Waals surface area contributed by atoms with Crippen LogP contribution in [0.3, 0.4) is 0 Å². The molecule has 0 aromatic rings. The molecule has 50 heavy (non-hydrogen) atoms. The lowest BCUT2D eigenvalue weighted by Gasteiger charge is -2.45. The maximum absolute atomic E-state index is 12.2. The van der Waals surface area contributed by atoms with Crippen LogP contribution in [0.1, 0.15) is 74.7 Å². The summed E-state index contributed by atoms with van der Waals surface area (Å²) in [5.41, 5.74) is 0. The Morgan fingerprint density at radius 3 is 1.56 bits per heavy atom. The zero-order chi connectivity index (χ0) is 37.5. The third-order valence-electron chi connectivity index (χ3n) is 6.99. The van der Waals surface area contributed by atoms with E-state index in [0.29, 0.717) is 6.42 Å². The summed E-state index contributed by atoms with van der Waals surface area (Å²) < 4.78 is 50.0. The predicted molar refractivity (Wildman–Crippen MR) is 162 cm³/mol. The highest BCUT2D eigenvalue weighted by Crippen LogP contribution is 2.32. The third-order valence-corrected chi connectivity index (χ3v) is 6.99. The monoisotopic (exact) mass is 721 g/mol. The molecule has 0 radical (unpaired) electrons. The van der Waals surface area contributed by atoms with E-state index in [0.717, 1.165) is 61.3 Å². The second-order valence-corrected chi connectivity index (χ2v) is 11.4. The second kappa shape index (κ2) is 20.7. The van der Waals surface area contributed by atoms with Crippen LogP contribution in [-0.4, -0.2) is 123 Å². The molecule has 10 atom stereocenters. The van der Waals surface area contributed by atoms with E-state index in [1.165, 1.54) is 0 Å². The van der Waals surface area contributed by atoms with Gasteiger partial charge in [-0.2, -0.15) is 0 Å². The number of amides is 1.